The first-order valence-corrected chi connectivity index (χ1v) is 8.85. The van der Waals surface area contributed by atoms with Crippen molar-refractivity contribution in [2.24, 2.45) is 0 Å². The van der Waals surface area contributed by atoms with Crippen LogP contribution in [0.5, 0.6) is 5.75 Å². The first-order valence-electron chi connectivity index (χ1n) is 7.21. The van der Waals surface area contributed by atoms with E-state index < -0.39 is 0 Å². The van der Waals surface area contributed by atoms with Crippen LogP contribution in [0.15, 0.2) is 40.2 Å². The molecule has 25 heavy (non-hydrogen) atoms. The summed E-state index contributed by atoms with van der Waals surface area (Å²) in [6.45, 7) is 0.0265. The van der Waals surface area contributed by atoms with Crippen molar-refractivity contribution in [3.8, 4) is 16.5 Å². The normalized spacial score (nSPS) is 10.7. The first-order chi connectivity index (χ1) is 12.0. The lowest BCUT2D eigenvalue weighted by Crippen LogP contribution is -2.31. The van der Waals surface area contributed by atoms with Crippen molar-refractivity contribution >= 4 is 40.4 Å². The maximum Gasteiger partial charge on any atom is 0.260 e. The van der Waals surface area contributed by atoms with Gasteiger partial charge in [-0.2, -0.15) is 4.98 Å². The van der Waals surface area contributed by atoms with E-state index in [0.717, 1.165) is 4.88 Å². The largest absolute Gasteiger partial charge is 0.482 e. The average molecular weight is 398 g/mol. The highest BCUT2D eigenvalue weighted by Gasteiger charge is 2.16. The Kier molecular flexibility index (Phi) is 5.57. The second kappa shape index (κ2) is 7.86. The Bertz CT molecular complexity index is 867. The Morgan fingerprint density at radius 1 is 1.36 bits per heavy atom. The van der Waals surface area contributed by atoms with Crippen molar-refractivity contribution in [3.63, 3.8) is 0 Å². The topological polar surface area (TPSA) is 68.5 Å². The highest BCUT2D eigenvalue weighted by molar-refractivity contribution is 7.13. The molecule has 6 nitrogen and oxygen atoms in total. The predicted molar refractivity (Wildman–Crippen MR) is 96.0 cm³/mol. The molecule has 0 bridgehead atoms. The van der Waals surface area contributed by atoms with E-state index in [1.54, 1.807) is 25.2 Å². The van der Waals surface area contributed by atoms with E-state index in [1.807, 2.05) is 17.5 Å². The summed E-state index contributed by atoms with van der Waals surface area (Å²) in [4.78, 5) is 18.8. The lowest BCUT2D eigenvalue weighted by molar-refractivity contribution is -0.132. The second-order valence-corrected chi connectivity index (χ2v) is 6.89. The third-order valence-corrected chi connectivity index (χ3v) is 4.65. The number of ether oxygens (including phenoxy) is 1. The summed E-state index contributed by atoms with van der Waals surface area (Å²) in [7, 11) is 1.63. The molecule has 2 aromatic heterocycles. The van der Waals surface area contributed by atoms with Crippen LogP contribution in [-0.2, 0) is 11.3 Å². The molecule has 1 aromatic carbocycles. The summed E-state index contributed by atoms with van der Waals surface area (Å²) in [5, 5.41) is 6.69. The van der Waals surface area contributed by atoms with Crippen LogP contribution < -0.4 is 4.74 Å². The molecular weight excluding hydrogens is 385 g/mol. The zero-order valence-corrected chi connectivity index (χ0v) is 15.4. The van der Waals surface area contributed by atoms with Gasteiger partial charge >= 0.3 is 0 Å². The van der Waals surface area contributed by atoms with E-state index in [4.69, 9.17) is 32.5 Å². The molecule has 0 saturated heterocycles. The Labute approximate surface area is 157 Å². The van der Waals surface area contributed by atoms with E-state index >= 15 is 0 Å². The fourth-order valence-electron chi connectivity index (χ4n) is 1.96. The van der Waals surface area contributed by atoms with Gasteiger partial charge in [0.1, 0.15) is 5.75 Å². The Morgan fingerprint density at radius 2 is 2.20 bits per heavy atom. The number of hydrogen-bond acceptors (Lipinski definition) is 6. The molecule has 3 rings (SSSR count). The van der Waals surface area contributed by atoms with Gasteiger partial charge in [-0.05, 0) is 29.6 Å². The number of carbonyl (C=O) groups excluding carboxylic acids is 1. The van der Waals surface area contributed by atoms with E-state index in [0.29, 0.717) is 27.5 Å². The minimum absolute atomic E-state index is 0.163. The van der Waals surface area contributed by atoms with E-state index in [9.17, 15) is 4.79 Å². The quantitative estimate of drug-likeness (QED) is 0.624. The van der Waals surface area contributed by atoms with Crippen LogP contribution in [0, 0.1) is 0 Å². The molecule has 9 heteroatoms. The van der Waals surface area contributed by atoms with Gasteiger partial charge in [0, 0.05) is 12.1 Å². The maximum atomic E-state index is 12.2. The third-order valence-electron chi connectivity index (χ3n) is 3.25. The molecule has 0 saturated carbocycles. The number of aromatic nitrogens is 2. The van der Waals surface area contributed by atoms with Gasteiger partial charge in [-0.15, -0.1) is 11.3 Å². The molecular formula is C16H13Cl2N3O3S. The number of nitrogens with zero attached hydrogens (tertiary/aromatic N) is 3. The predicted octanol–water partition coefficient (Wildman–Crippen LogP) is 4.14. The van der Waals surface area contributed by atoms with Crippen LogP contribution in [0.3, 0.4) is 0 Å². The third kappa shape index (κ3) is 4.50. The van der Waals surface area contributed by atoms with Crippen LogP contribution in [-0.4, -0.2) is 34.6 Å². The fraction of sp³-hybridized carbons (Fsp3) is 0.188. The van der Waals surface area contributed by atoms with Gasteiger partial charge in [-0.3, -0.25) is 4.79 Å². The minimum Gasteiger partial charge on any atom is -0.482 e. The molecule has 0 radical (unpaired) electrons. The van der Waals surface area contributed by atoms with Gasteiger partial charge in [0.05, 0.1) is 16.4 Å². The molecule has 1 amide bonds. The van der Waals surface area contributed by atoms with Crippen LogP contribution in [0.2, 0.25) is 10.0 Å². The zero-order chi connectivity index (χ0) is 17.8. The van der Waals surface area contributed by atoms with Crippen molar-refractivity contribution < 1.29 is 14.1 Å². The maximum absolute atomic E-state index is 12.2. The molecule has 0 spiro atoms. The Hall–Kier alpha value is -2.09. The average Bonchev–Trinajstić information content (AvgIpc) is 3.24. The standard InChI is InChI=1S/C16H13Cl2N3O3S/c1-21(8-14-19-16(20-24-14)13-3-2-6-25-13)15(22)9-23-12-5-4-10(17)7-11(12)18/h2-7H,8-9H2,1H3. The summed E-state index contributed by atoms with van der Waals surface area (Å²) < 4.78 is 10.6. The number of halogens is 2. The van der Waals surface area contributed by atoms with Gasteiger partial charge in [0.25, 0.3) is 5.91 Å². The van der Waals surface area contributed by atoms with Gasteiger partial charge in [0.2, 0.25) is 11.7 Å². The molecule has 0 aliphatic heterocycles. The summed E-state index contributed by atoms with van der Waals surface area (Å²) >= 11 is 13.3. The van der Waals surface area contributed by atoms with E-state index in [-0.39, 0.29) is 19.1 Å². The van der Waals surface area contributed by atoms with Crippen molar-refractivity contribution in [1.29, 1.82) is 0 Å². The number of hydrogen-bond donors (Lipinski definition) is 0. The van der Waals surface area contributed by atoms with Gasteiger partial charge in [-0.25, -0.2) is 0 Å². The fourth-order valence-corrected chi connectivity index (χ4v) is 3.07. The summed E-state index contributed by atoms with van der Waals surface area (Å²) in [6.07, 6.45) is 0. The number of carbonyl (C=O) groups is 1. The summed E-state index contributed by atoms with van der Waals surface area (Å²) in [5.74, 6) is 1.01. The molecule has 0 aliphatic carbocycles. The lowest BCUT2D eigenvalue weighted by Gasteiger charge is -2.15. The second-order valence-electron chi connectivity index (χ2n) is 5.10. The van der Waals surface area contributed by atoms with Crippen molar-refractivity contribution in [2.75, 3.05) is 13.7 Å². The Balaban J connectivity index is 1.56. The van der Waals surface area contributed by atoms with Crippen LogP contribution in [0.25, 0.3) is 10.7 Å². The van der Waals surface area contributed by atoms with Gasteiger partial charge in [-0.1, -0.05) is 34.4 Å². The number of rotatable bonds is 6. The number of likely N-dealkylation sites (N-methyl/N-ethyl adjacent to an activating group) is 1. The minimum atomic E-state index is -0.248. The van der Waals surface area contributed by atoms with E-state index in [1.165, 1.54) is 16.2 Å². The molecule has 0 unspecified atom stereocenters. The lowest BCUT2D eigenvalue weighted by atomic mass is 10.3. The van der Waals surface area contributed by atoms with Gasteiger partial charge in [0.15, 0.2) is 6.61 Å². The first kappa shape index (κ1) is 17.7. The highest BCUT2D eigenvalue weighted by atomic mass is 35.5. The molecule has 3 aromatic rings. The SMILES string of the molecule is CN(Cc1nc(-c2cccs2)no1)C(=O)COc1ccc(Cl)cc1Cl. The zero-order valence-electron chi connectivity index (χ0n) is 13.1. The molecule has 0 N–H and O–H groups in total. The molecule has 0 fully saturated rings. The van der Waals surface area contributed by atoms with E-state index in [2.05, 4.69) is 10.1 Å². The van der Waals surface area contributed by atoms with Crippen molar-refractivity contribution in [3.05, 3.63) is 51.6 Å². The van der Waals surface area contributed by atoms with Crippen LogP contribution in [0.1, 0.15) is 5.89 Å². The summed E-state index contributed by atoms with van der Waals surface area (Å²) in [5.41, 5.74) is 0. The number of thiophene rings is 1. The molecule has 0 aliphatic rings. The summed E-state index contributed by atoms with van der Waals surface area (Å²) in [6, 6.07) is 8.62. The molecule has 2 heterocycles. The van der Waals surface area contributed by atoms with Crippen LogP contribution >= 0.6 is 34.5 Å². The number of benzene rings is 1. The number of amides is 1. The van der Waals surface area contributed by atoms with Crippen molar-refractivity contribution in [2.45, 2.75) is 6.54 Å². The molecule has 130 valence electrons. The van der Waals surface area contributed by atoms with Crippen LogP contribution in [0.4, 0.5) is 0 Å². The Morgan fingerprint density at radius 3 is 2.92 bits per heavy atom. The molecule has 0 atom stereocenters. The highest BCUT2D eigenvalue weighted by Crippen LogP contribution is 2.27. The van der Waals surface area contributed by atoms with Crippen molar-refractivity contribution in [1.82, 2.24) is 15.0 Å². The smallest absolute Gasteiger partial charge is 0.260 e. The monoisotopic (exact) mass is 397 g/mol. The van der Waals surface area contributed by atoms with Gasteiger partial charge < -0.3 is 14.2 Å².